The van der Waals surface area contributed by atoms with Gasteiger partial charge in [-0.05, 0) is 42.8 Å². The predicted octanol–water partition coefficient (Wildman–Crippen LogP) is 3.16. The van der Waals surface area contributed by atoms with Crippen molar-refractivity contribution in [2.24, 2.45) is 0 Å². The first-order valence-electron chi connectivity index (χ1n) is 10.7. The molecule has 1 heterocycles. The number of hydrazine groups is 1. The number of imide groups is 1. The summed E-state index contributed by atoms with van der Waals surface area (Å²) in [4.78, 5) is 63.9. The van der Waals surface area contributed by atoms with Crippen LogP contribution in [-0.4, -0.2) is 39.6 Å². The van der Waals surface area contributed by atoms with Crippen molar-refractivity contribution < 1.29 is 28.5 Å². The van der Waals surface area contributed by atoms with Crippen molar-refractivity contribution in [3.63, 3.8) is 0 Å². The Bertz CT molecular complexity index is 1390. The van der Waals surface area contributed by atoms with E-state index >= 15 is 0 Å². The second-order valence-corrected chi connectivity index (χ2v) is 8.01. The molecule has 0 bridgehead atoms. The number of non-ortho nitro benzene ring substituents is 1. The number of hydrogen-bond acceptors (Lipinski definition) is 6. The highest BCUT2D eigenvalue weighted by Gasteiger charge is 2.46. The van der Waals surface area contributed by atoms with Gasteiger partial charge in [0.2, 0.25) is 5.91 Å². The second-order valence-electron chi connectivity index (χ2n) is 8.01. The number of nitrogens with one attached hydrogen (secondary N) is 1. The normalized spacial score (nSPS) is 15.1. The first-order valence-corrected chi connectivity index (χ1v) is 10.7. The molecule has 182 valence electrons. The Morgan fingerprint density at radius 1 is 1.06 bits per heavy atom. The Balaban J connectivity index is 1.74. The van der Waals surface area contributed by atoms with E-state index in [0.29, 0.717) is 10.6 Å². The van der Waals surface area contributed by atoms with E-state index in [4.69, 9.17) is 0 Å². The van der Waals surface area contributed by atoms with Crippen LogP contribution in [0.1, 0.15) is 32.7 Å². The van der Waals surface area contributed by atoms with Gasteiger partial charge in [0.1, 0.15) is 11.9 Å². The molecule has 1 aliphatic heterocycles. The summed E-state index contributed by atoms with van der Waals surface area (Å²) < 4.78 is 13.8. The molecular weight excluding hydrogens is 471 g/mol. The molecule has 1 atom stereocenters. The van der Waals surface area contributed by atoms with Crippen LogP contribution in [0.4, 0.5) is 15.8 Å². The van der Waals surface area contributed by atoms with Crippen molar-refractivity contribution in [1.82, 2.24) is 10.4 Å². The highest BCUT2D eigenvalue weighted by Crippen LogP contribution is 2.28. The van der Waals surface area contributed by atoms with Gasteiger partial charge in [0.15, 0.2) is 0 Å². The lowest BCUT2D eigenvalue weighted by Gasteiger charge is -2.28. The van der Waals surface area contributed by atoms with E-state index in [2.05, 4.69) is 5.43 Å². The molecule has 36 heavy (non-hydrogen) atoms. The van der Waals surface area contributed by atoms with Crippen LogP contribution < -0.4 is 10.3 Å². The molecule has 0 radical (unpaired) electrons. The minimum Gasteiger partial charge on any atom is -0.274 e. The number of halogens is 1. The van der Waals surface area contributed by atoms with Gasteiger partial charge in [-0.3, -0.25) is 34.7 Å². The lowest BCUT2D eigenvalue weighted by atomic mass is 10.1. The van der Waals surface area contributed by atoms with E-state index in [1.54, 1.807) is 18.2 Å². The molecule has 0 spiro atoms. The zero-order valence-electron chi connectivity index (χ0n) is 18.9. The van der Waals surface area contributed by atoms with E-state index in [1.165, 1.54) is 43.3 Å². The zero-order chi connectivity index (χ0) is 26.0. The molecule has 3 aromatic rings. The van der Waals surface area contributed by atoms with Gasteiger partial charge in [0.05, 0.1) is 22.6 Å². The number of benzene rings is 3. The Morgan fingerprint density at radius 3 is 2.44 bits per heavy atom. The molecule has 1 N–H and O–H groups in total. The smallest absolute Gasteiger partial charge is 0.273 e. The molecule has 4 rings (SSSR count). The van der Waals surface area contributed by atoms with Crippen LogP contribution in [0.25, 0.3) is 0 Å². The molecule has 0 aliphatic carbocycles. The first kappa shape index (κ1) is 24.2. The average Bonchev–Trinajstić information content (AvgIpc) is 3.16. The Labute approximate surface area is 204 Å². The van der Waals surface area contributed by atoms with Gasteiger partial charge in [-0.25, -0.2) is 14.3 Å². The van der Waals surface area contributed by atoms with Crippen LogP contribution in [0, 0.1) is 22.9 Å². The van der Waals surface area contributed by atoms with E-state index in [0.717, 1.165) is 23.1 Å². The van der Waals surface area contributed by atoms with Gasteiger partial charge in [0, 0.05) is 17.7 Å². The minimum absolute atomic E-state index is 0.0270. The number of rotatable bonds is 5. The number of hydrogen-bond donors (Lipinski definition) is 1. The van der Waals surface area contributed by atoms with Gasteiger partial charge in [0.25, 0.3) is 23.4 Å². The van der Waals surface area contributed by atoms with Crippen LogP contribution in [-0.2, 0) is 9.59 Å². The molecule has 1 unspecified atom stereocenters. The van der Waals surface area contributed by atoms with Crippen LogP contribution in [0.15, 0.2) is 72.8 Å². The fraction of sp³-hybridized carbons (Fsp3) is 0.120. The molecule has 1 aliphatic rings. The van der Waals surface area contributed by atoms with Crippen molar-refractivity contribution in [2.45, 2.75) is 19.4 Å². The third-order valence-electron chi connectivity index (χ3n) is 5.64. The third kappa shape index (κ3) is 4.67. The maximum Gasteiger partial charge on any atom is 0.273 e. The average molecular weight is 490 g/mol. The maximum atomic E-state index is 13.8. The number of carbonyl (C=O) groups is 4. The van der Waals surface area contributed by atoms with E-state index in [1.807, 2.05) is 0 Å². The van der Waals surface area contributed by atoms with Gasteiger partial charge in [-0.2, -0.15) is 0 Å². The molecule has 11 heteroatoms. The molecule has 1 fully saturated rings. The SMILES string of the molecule is Cc1ccc([N+](=O)[O-])cc1C(=O)N(NC(=O)c1ccccc1)C1CC(=O)N(c2cccc(F)c2)C1=O. The van der Waals surface area contributed by atoms with Gasteiger partial charge >= 0.3 is 0 Å². The topological polar surface area (TPSA) is 130 Å². The number of nitro groups is 1. The van der Waals surface area contributed by atoms with Crippen LogP contribution in [0.3, 0.4) is 0 Å². The number of nitrogens with zero attached hydrogens (tertiary/aromatic N) is 3. The highest BCUT2D eigenvalue weighted by atomic mass is 19.1. The lowest BCUT2D eigenvalue weighted by molar-refractivity contribution is -0.384. The predicted molar refractivity (Wildman–Crippen MR) is 125 cm³/mol. The highest BCUT2D eigenvalue weighted by molar-refractivity contribution is 6.23. The first-order chi connectivity index (χ1) is 17.2. The quantitative estimate of drug-likeness (QED) is 0.332. The van der Waals surface area contributed by atoms with Crippen molar-refractivity contribution >= 4 is 35.0 Å². The Morgan fingerprint density at radius 2 is 1.78 bits per heavy atom. The standard InChI is InChI=1S/C25H19FN4O6/c1-15-10-11-19(30(35)36)13-20(15)24(33)29(27-23(32)16-6-3-2-4-7-16)21-14-22(31)28(25(21)34)18-9-5-8-17(26)12-18/h2-13,21H,14H2,1H3,(H,27,32). The summed E-state index contributed by atoms with van der Waals surface area (Å²) >= 11 is 0. The molecule has 10 nitrogen and oxygen atoms in total. The summed E-state index contributed by atoms with van der Waals surface area (Å²) in [6.07, 6.45) is -0.496. The van der Waals surface area contributed by atoms with Crippen LogP contribution in [0.5, 0.6) is 0 Å². The number of carbonyl (C=O) groups excluding carboxylic acids is 4. The molecule has 0 aromatic heterocycles. The van der Waals surface area contributed by atoms with E-state index in [-0.39, 0.29) is 22.5 Å². The second kappa shape index (κ2) is 9.74. The maximum absolute atomic E-state index is 13.8. The number of aryl methyl sites for hydroxylation is 1. The summed E-state index contributed by atoms with van der Waals surface area (Å²) in [5, 5.41) is 12.0. The van der Waals surface area contributed by atoms with Gasteiger partial charge in [-0.15, -0.1) is 0 Å². The third-order valence-corrected chi connectivity index (χ3v) is 5.64. The number of amides is 4. The molecule has 4 amide bonds. The molecule has 3 aromatic carbocycles. The zero-order valence-corrected chi connectivity index (χ0v) is 18.9. The van der Waals surface area contributed by atoms with Crippen LogP contribution in [0.2, 0.25) is 0 Å². The molecule has 1 saturated heterocycles. The minimum atomic E-state index is -1.47. The number of nitro benzene ring substituents is 1. The van der Waals surface area contributed by atoms with Crippen molar-refractivity contribution in [2.75, 3.05) is 4.90 Å². The lowest BCUT2D eigenvalue weighted by Crippen LogP contribution is -2.54. The summed E-state index contributed by atoms with van der Waals surface area (Å²) in [5.74, 6) is -3.91. The van der Waals surface area contributed by atoms with Crippen molar-refractivity contribution in [3.8, 4) is 0 Å². The van der Waals surface area contributed by atoms with Crippen molar-refractivity contribution in [3.05, 3.63) is 105 Å². The largest absolute Gasteiger partial charge is 0.274 e. The monoisotopic (exact) mass is 490 g/mol. The fourth-order valence-electron chi connectivity index (χ4n) is 3.82. The molecule has 0 saturated carbocycles. The summed E-state index contributed by atoms with van der Waals surface area (Å²) in [6.45, 7) is 1.54. The summed E-state index contributed by atoms with van der Waals surface area (Å²) in [6, 6.07) is 14.8. The van der Waals surface area contributed by atoms with Gasteiger partial charge < -0.3 is 0 Å². The van der Waals surface area contributed by atoms with E-state index < -0.39 is 46.8 Å². The summed E-state index contributed by atoms with van der Waals surface area (Å²) in [5.41, 5.74) is 2.38. The van der Waals surface area contributed by atoms with E-state index in [9.17, 15) is 33.7 Å². The Kier molecular flexibility index (Phi) is 6.55. The van der Waals surface area contributed by atoms with Crippen LogP contribution >= 0.6 is 0 Å². The Hall–Kier alpha value is -4.93. The van der Waals surface area contributed by atoms with Gasteiger partial charge in [-0.1, -0.05) is 30.3 Å². The fourth-order valence-corrected chi connectivity index (χ4v) is 3.82. The van der Waals surface area contributed by atoms with Crippen molar-refractivity contribution in [1.29, 1.82) is 0 Å². The molecular formula is C25H19FN4O6. The summed E-state index contributed by atoms with van der Waals surface area (Å²) in [7, 11) is 0. The number of anilines is 1.